The van der Waals surface area contributed by atoms with Crippen LogP contribution < -0.4 is 16.0 Å². The largest absolute Gasteiger partial charge is 0.486 e. The molecule has 0 fully saturated rings. The number of benzene rings is 1. The van der Waals surface area contributed by atoms with Crippen molar-refractivity contribution in [3.05, 3.63) is 53.5 Å². The van der Waals surface area contributed by atoms with E-state index >= 15 is 0 Å². The van der Waals surface area contributed by atoms with Crippen LogP contribution >= 0.6 is 0 Å². The predicted octanol–water partition coefficient (Wildman–Crippen LogP) is 0.954. The Morgan fingerprint density at radius 3 is 2.74 bits per heavy atom. The molecule has 0 radical (unpaired) electrons. The summed E-state index contributed by atoms with van der Waals surface area (Å²) in [6, 6.07) is 8.60. The molecule has 0 unspecified atom stereocenters. The van der Waals surface area contributed by atoms with Gasteiger partial charge in [0.2, 0.25) is 0 Å². The van der Waals surface area contributed by atoms with Crippen molar-refractivity contribution in [1.82, 2.24) is 5.43 Å². The fourth-order valence-corrected chi connectivity index (χ4v) is 1.50. The van der Waals surface area contributed by atoms with Gasteiger partial charge in [-0.3, -0.25) is 10.2 Å². The quantitative estimate of drug-likeness (QED) is 0.423. The Morgan fingerprint density at radius 1 is 1.37 bits per heavy atom. The zero-order valence-electron chi connectivity index (χ0n) is 10.1. The Balaban J connectivity index is 1.94. The molecule has 0 saturated carbocycles. The number of hydrazine groups is 1. The predicted molar refractivity (Wildman–Crippen MR) is 67.1 cm³/mol. The van der Waals surface area contributed by atoms with Crippen molar-refractivity contribution >= 4 is 5.91 Å². The molecule has 0 aliphatic heterocycles. The van der Waals surface area contributed by atoms with E-state index in [9.17, 15) is 4.79 Å². The summed E-state index contributed by atoms with van der Waals surface area (Å²) in [5.74, 6) is 5.77. The van der Waals surface area contributed by atoms with Crippen LogP contribution in [0.4, 0.5) is 0 Å². The standard InChI is InChI=1S/C13H14N2O4/c14-15-13(17)10-5-12(18-7-10)8-19-11-3-1-9(6-16)2-4-11/h1-5,7,16H,6,8,14H2,(H,15,17). The molecule has 1 aromatic carbocycles. The number of nitrogens with two attached hydrogens (primary N) is 1. The van der Waals surface area contributed by atoms with Gasteiger partial charge in [0.15, 0.2) is 0 Å². The number of nitrogens with one attached hydrogen (secondary N) is 1. The van der Waals surface area contributed by atoms with Crippen LogP contribution in [-0.4, -0.2) is 11.0 Å². The van der Waals surface area contributed by atoms with Gasteiger partial charge in [-0.05, 0) is 23.8 Å². The summed E-state index contributed by atoms with van der Waals surface area (Å²) < 4.78 is 10.7. The lowest BCUT2D eigenvalue weighted by Gasteiger charge is -2.04. The number of ether oxygens (including phenoxy) is 1. The van der Waals surface area contributed by atoms with Gasteiger partial charge in [0.1, 0.15) is 24.4 Å². The highest BCUT2D eigenvalue weighted by molar-refractivity contribution is 5.93. The summed E-state index contributed by atoms with van der Waals surface area (Å²) in [7, 11) is 0. The molecule has 4 N–H and O–H groups in total. The first-order chi connectivity index (χ1) is 9.22. The first kappa shape index (κ1) is 13.1. The molecule has 2 rings (SSSR count). The monoisotopic (exact) mass is 262 g/mol. The lowest BCUT2D eigenvalue weighted by Crippen LogP contribution is -2.29. The van der Waals surface area contributed by atoms with E-state index in [0.29, 0.717) is 17.1 Å². The second kappa shape index (κ2) is 6.03. The molecule has 6 heteroatoms. The second-order valence-electron chi connectivity index (χ2n) is 3.87. The van der Waals surface area contributed by atoms with Gasteiger partial charge in [-0.15, -0.1) is 0 Å². The van der Waals surface area contributed by atoms with Crippen LogP contribution in [0.5, 0.6) is 5.75 Å². The number of aliphatic hydroxyl groups is 1. The molecule has 0 spiro atoms. The molecular formula is C13H14N2O4. The zero-order valence-corrected chi connectivity index (χ0v) is 10.1. The van der Waals surface area contributed by atoms with Crippen LogP contribution in [0, 0.1) is 0 Å². The molecule has 6 nitrogen and oxygen atoms in total. The topological polar surface area (TPSA) is 97.7 Å². The summed E-state index contributed by atoms with van der Waals surface area (Å²) in [5, 5.41) is 8.91. The normalized spacial score (nSPS) is 10.2. The van der Waals surface area contributed by atoms with Crippen molar-refractivity contribution in [2.24, 2.45) is 5.84 Å². The van der Waals surface area contributed by atoms with E-state index < -0.39 is 5.91 Å². The molecule has 0 aliphatic carbocycles. The summed E-state index contributed by atoms with van der Waals surface area (Å²) in [6.07, 6.45) is 1.32. The van der Waals surface area contributed by atoms with Crippen LogP contribution in [0.25, 0.3) is 0 Å². The van der Waals surface area contributed by atoms with Crippen molar-refractivity contribution in [2.75, 3.05) is 0 Å². The van der Waals surface area contributed by atoms with E-state index in [0.717, 1.165) is 5.56 Å². The van der Waals surface area contributed by atoms with Crippen molar-refractivity contribution < 1.29 is 19.1 Å². The first-order valence-electron chi connectivity index (χ1n) is 5.64. The zero-order chi connectivity index (χ0) is 13.7. The van der Waals surface area contributed by atoms with Crippen LogP contribution in [-0.2, 0) is 13.2 Å². The van der Waals surface area contributed by atoms with Gasteiger partial charge in [0, 0.05) is 0 Å². The molecule has 1 amide bonds. The summed E-state index contributed by atoms with van der Waals surface area (Å²) in [5.41, 5.74) is 3.17. The van der Waals surface area contributed by atoms with E-state index in [4.69, 9.17) is 20.1 Å². The lowest BCUT2D eigenvalue weighted by molar-refractivity contribution is 0.0953. The maximum Gasteiger partial charge on any atom is 0.268 e. The minimum Gasteiger partial charge on any atom is -0.486 e. The molecule has 0 atom stereocenters. The minimum absolute atomic E-state index is 0.00394. The Hall–Kier alpha value is -2.31. The molecule has 100 valence electrons. The third-order valence-electron chi connectivity index (χ3n) is 2.53. The Morgan fingerprint density at radius 2 is 2.11 bits per heavy atom. The summed E-state index contributed by atoms with van der Waals surface area (Å²) >= 11 is 0. The molecule has 0 saturated heterocycles. The Labute approximate surface area is 109 Å². The lowest BCUT2D eigenvalue weighted by atomic mass is 10.2. The van der Waals surface area contributed by atoms with Crippen LogP contribution in [0.2, 0.25) is 0 Å². The SMILES string of the molecule is NNC(=O)c1coc(COc2ccc(CO)cc2)c1. The van der Waals surface area contributed by atoms with Gasteiger partial charge in [-0.25, -0.2) is 5.84 Å². The maximum atomic E-state index is 11.2. The molecular weight excluding hydrogens is 248 g/mol. The smallest absolute Gasteiger partial charge is 0.268 e. The highest BCUT2D eigenvalue weighted by atomic mass is 16.5. The van der Waals surface area contributed by atoms with E-state index in [1.807, 2.05) is 5.43 Å². The van der Waals surface area contributed by atoms with Gasteiger partial charge in [0.05, 0.1) is 12.2 Å². The second-order valence-corrected chi connectivity index (χ2v) is 3.87. The molecule has 0 aliphatic rings. The van der Waals surface area contributed by atoms with Gasteiger partial charge in [-0.1, -0.05) is 12.1 Å². The summed E-state index contributed by atoms with van der Waals surface area (Å²) in [4.78, 5) is 11.2. The van der Waals surface area contributed by atoms with Gasteiger partial charge >= 0.3 is 0 Å². The highest BCUT2D eigenvalue weighted by Crippen LogP contribution is 2.15. The van der Waals surface area contributed by atoms with Crippen molar-refractivity contribution in [3.8, 4) is 5.75 Å². The third-order valence-corrected chi connectivity index (χ3v) is 2.53. The van der Waals surface area contributed by atoms with E-state index in [1.165, 1.54) is 6.26 Å². The summed E-state index contributed by atoms with van der Waals surface area (Å²) in [6.45, 7) is 0.201. The van der Waals surface area contributed by atoms with Crippen molar-refractivity contribution in [2.45, 2.75) is 13.2 Å². The highest BCUT2D eigenvalue weighted by Gasteiger charge is 2.09. The Bertz CT molecular complexity index is 548. The average Bonchev–Trinajstić information content (AvgIpc) is 2.93. The molecule has 1 heterocycles. The van der Waals surface area contributed by atoms with Crippen LogP contribution in [0.15, 0.2) is 41.0 Å². The number of aliphatic hydroxyl groups excluding tert-OH is 1. The first-order valence-corrected chi connectivity index (χ1v) is 5.64. The minimum atomic E-state index is -0.415. The van der Waals surface area contributed by atoms with Crippen molar-refractivity contribution in [1.29, 1.82) is 0 Å². The van der Waals surface area contributed by atoms with Gasteiger partial charge < -0.3 is 14.3 Å². The molecule has 1 aromatic heterocycles. The number of nitrogen functional groups attached to an aromatic ring is 1. The molecule has 2 aromatic rings. The van der Waals surface area contributed by atoms with Gasteiger partial charge in [-0.2, -0.15) is 0 Å². The fraction of sp³-hybridized carbons (Fsp3) is 0.154. The number of rotatable bonds is 5. The number of amides is 1. The van der Waals surface area contributed by atoms with Crippen LogP contribution in [0.1, 0.15) is 21.7 Å². The molecule has 0 bridgehead atoms. The maximum absolute atomic E-state index is 11.2. The van der Waals surface area contributed by atoms with E-state index in [1.54, 1.807) is 30.3 Å². The number of carbonyl (C=O) groups excluding carboxylic acids is 1. The van der Waals surface area contributed by atoms with Crippen LogP contribution in [0.3, 0.4) is 0 Å². The van der Waals surface area contributed by atoms with Crippen molar-refractivity contribution in [3.63, 3.8) is 0 Å². The number of hydrogen-bond acceptors (Lipinski definition) is 5. The average molecular weight is 262 g/mol. The van der Waals surface area contributed by atoms with E-state index in [2.05, 4.69) is 0 Å². The van der Waals surface area contributed by atoms with E-state index in [-0.39, 0.29) is 13.2 Å². The number of hydrogen-bond donors (Lipinski definition) is 3. The van der Waals surface area contributed by atoms with Gasteiger partial charge in [0.25, 0.3) is 5.91 Å². The third kappa shape index (κ3) is 3.34. The number of furan rings is 1. The fourth-order valence-electron chi connectivity index (χ4n) is 1.50. The number of carbonyl (C=O) groups is 1. The molecule has 19 heavy (non-hydrogen) atoms. The Kier molecular flexibility index (Phi) is 4.17.